The monoisotopic (exact) mass is 397 g/mol. The van der Waals surface area contributed by atoms with Crippen LogP contribution in [0.2, 0.25) is 0 Å². The van der Waals surface area contributed by atoms with Crippen LogP contribution in [0.1, 0.15) is 63.1 Å². The standard InChI is InChI=1S/C24H31NO4/c1-15(2)20-11-8-12-21(16(3)4)23(20)25-22(26)14-28-24(27)18(6)29-19-10-7-9-17(5)13-19/h7-13,15-16,18H,14H2,1-6H3,(H,25,26)/t18-/m1/s1. The van der Waals surface area contributed by atoms with Crippen molar-refractivity contribution in [3.63, 3.8) is 0 Å². The van der Waals surface area contributed by atoms with Crippen LogP contribution in [-0.2, 0) is 14.3 Å². The molecule has 0 saturated heterocycles. The zero-order valence-electron chi connectivity index (χ0n) is 18.1. The number of esters is 1. The molecule has 5 heteroatoms. The van der Waals surface area contributed by atoms with Gasteiger partial charge in [0.2, 0.25) is 0 Å². The highest BCUT2D eigenvalue weighted by Crippen LogP contribution is 2.32. The van der Waals surface area contributed by atoms with E-state index < -0.39 is 12.1 Å². The predicted molar refractivity (Wildman–Crippen MR) is 115 cm³/mol. The van der Waals surface area contributed by atoms with Crippen LogP contribution in [0.4, 0.5) is 5.69 Å². The summed E-state index contributed by atoms with van der Waals surface area (Å²) in [5, 5.41) is 2.94. The first-order valence-electron chi connectivity index (χ1n) is 10.0. The third-order valence-electron chi connectivity index (χ3n) is 4.62. The zero-order chi connectivity index (χ0) is 21.6. The molecule has 0 unspecified atom stereocenters. The van der Waals surface area contributed by atoms with Crippen molar-refractivity contribution < 1.29 is 19.1 Å². The van der Waals surface area contributed by atoms with Crippen LogP contribution in [0.5, 0.6) is 5.75 Å². The number of carbonyl (C=O) groups excluding carboxylic acids is 2. The quantitative estimate of drug-likeness (QED) is 0.623. The summed E-state index contributed by atoms with van der Waals surface area (Å²) in [5.41, 5.74) is 3.97. The number of hydrogen-bond acceptors (Lipinski definition) is 4. The number of benzene rings is 2. The van der Waals surface area contributed by atoms with Crippen molar-refractivity contribution >= 4 is 17.6 Å². The molecule has 1 N–H and O–H groups in total. The van der Waals surface area contributed by atoms with Gasteiger partial charge in [0.05, 0.1) is 0 Å². The maximum Gasteiger partial charge on any atom is 0.347 e. The van der Waals surface area contributed by atoms with Gasteiger partial charge in [0.15, 0.2) is 12.7 Å². The molecular weight excluding hydrogens is 366 g/mol. The lowest BCUT2D eigenvalue weighted by Crippen LogP contribution is -2.30. The molecule has 29 heavy (non-hydrogen) atoms. The van der Waals surface area contributed by atoms with Crippen molar-refractivity contribution in [1.29, 1.82) is 0 Å². The second-order valence-corrected chi connectivity index (χ2v) is 7.85. The molecule has 1 amide bonds. The van der Waals surface area contributed by atoms with Crippen LogP contribution in [0.3, 0.4) is 0 Å². The molecule has 0 aliphatic rings. The van der Waals surface area contributed by atoms with Gasteiger partial charge in [0.25, 0.3) is 5.91 Å². The molecule has 0 radical (unpaired) electrons. The van der Waals surface area contributed by atoms with E-state index in [4.69, 9.17) is 9.47 Å². The van der Waals surface area contributed by atoms with Crippen molar-refractivity contribution in [2.75, 3.05) is 11.9 Å². The lowest BCUT2D eigenvalue weighted by molar-refractivity contribution is -0.153. The average Bonchev–Trinajstić information content (AvgIpc) is 2.65. The van der Waals surface area contributed by atoms with E-state index in [9.17, 15) is 9.59 Å². The van der Waals surface area contributed by atoms with E-state index >= 15 is 0 Å². The molecule has 0 fully saturated rings. The molecule has 0 aromatic heterocycles. The van der Waals surface area contributed by atoms with Crippen molar-refractivity contribution in [2.45, 2.75) is 59.5 Å². The fourth-order valence-electron chi connectivity index (χ4n) is 3.07. The molecule has 2 aromatic carbocycles. The summed E-state index contributed by atoms with van der Waals surface area (Å²) in [5.74, 6) is 0.161. The molecule has 0 aliphatic carbocycles. The van der Waals surface area contributed by atoms with Crippen LogP contribution < -0.4 is 10.1 Å². The first kappa shape index (κ1) is 22.5. The number of nitrogens with one attached hydrogen (secondary N) is 1. The molecule has 0 heterocycles. The summed E-state index contributed by atoms with van der Waals surface area (Å²) >= 11 is 0. The third kappa shape index (κ3) is 6.34. The molecule has 2 aromatic rings. The smallest absolute Gasteiger partial charge is 0.347 e. The van der Waals surface area contributed by atoms with Gasteiger partial charge < -0.3 is 14.8 Å². The zero-order valence-corrected chi connectivity index (χ0v) is 18.1. The van der Waals surface area contributed by atoms with Crippen molar-refractivity contribution in [3.05, 3.63) is 59.2 Å². The van der Waals surface area contributed by atoms with Gasteiger partial charge in [-0.05, 0) is 54.5 Å². The Morgan fingerprint density at radius 1 is 0.931 bits per heavy atom. The van der Waals surface area contributed by atoms with E-state index in [0.29, 0.717) is 5.75 Å². The van der Waals surface area contributed by atoms with E-state index in [0.717, 1.165) is 22.4 Å². The number of anilines is 1. The van der Waals surface area contributed by atoms with Gasteiger partial charge in [0.1, 0.15) is 5.75 Å². The van der Waals surface area contributed by atoms with Gasteiger partial charge in [0, 0.05) is 5.69 Å². The van der Waals surface area contributed by atoms with Crippen LogP contribution in [-0.4, -0.2) is 24.6 Å². The number of hydrogen-bond donors (Lipinski definition) is 1. The number of amides is 1. The van der Waals surface area contributed by atoms with Crippen LogP contribution in [0.25, 0.3) is 0 Å². The van der Waals surface area contributed by atoms with Crippen LogP contribution in [0, 0.1) is 6.92 Å². The summed E-state index contributed by atoms with van der Waals surface area (Å²) < 4.78 is 10.8. The molecule has 0 saturated carbocycles. The minimum absolute atomic E-state index is 0.259. The lowest BCUT2D eigenvalue weighted by atomic mass is 9.92. The number of rotatable bonds is 8. The average molecular weight is 398 g/mol. The topological polar surface area (TPSA) is 64.6 Å². The Hall–Kier alpha value is -2.82. The normalized spacial score (nSPS) is 12.0. The highest BCUT2D eigenvalue weighted by atomic mass is 16.6. The molecule has 1 atom stereocenters. The lowest BCUT2D eigenvalue weighted by Gasteiger charge is -2.20. The molecule has 0 aliphatic heterocycles. The molecule has 5 nitrogen and oxygen atoms in total. The van der Waals surface area contributed by atoms with Crippen molar-refractivity contribution in [2.24, 2.45) is 0 Å². The fraction of sp³-hybridized carbons (Fsp3) is 0.417. The van der Waals surface area contributed by atoms with Gasteiger partial charge in [-0.1, -0.05) is 58.0 Å². The minimum atomic E-state index is -0.807. The summed E-state index contributed by atoms with van der Waals surface area (Å²) in [6.45, 7) is 11.5. The van der Waals surface area contributed by atoms with Crippen molar-refractivity contribution in [1.82, 2.24) is 0 Å². The first-order valence-corrected chi connectivity index (χ1v) is 10.0. The number of aryl methyl sites for hydroxylation is 1. The minimum Gasteiger partial charge on any atom is -0.479 e. The number of carbonyl (C=O) groups is 2. The van der Waals surface area contributed by atoms with E-state index in [-0.39, 0.29) is 24.3 Å². The van der Waals surface area contributed by atoms with E-state index in [1.54, 1.807) is 13.0 Å². The van der Waals surface area contributed by atoms with Gasteiger partial charge >= 0.3 is 5.97 Å². The van der Waals surface area contributed by atoms with Gasteiger partial charge in [-0.15, -0.1) is 0 Å². The molecular formula is C24H31NO4. The van der Waals surface area contributed by atoms with Gasteiger partial charge in [-0.2, -0.15) is 0 Å². The summed E-state index contributed by atoms with van der Waals surface area (Å²) in [6.07, 6.45) is -0.807. The largest absolute Gasteiger partial charge is 0.479 e. The Kier molecular flexibility index (Phi) is 7.82. The number of ether oxygens (including phenoxy) is 2. The van der Waals surface area contributed by atoms with Crippen LogP contribution >= 0.6 is 0 Å². The predicted octanol–water partition coefficient (Wildman–Crippen LogP) is 5.19. The Morgan fingerprint density at radius 3 is 2.07 bits per heavy atom. The van der Waals surface area contributed by atoms with E-state index in [1.807, 2.05) is 43.3 Å². The summed E-state index contributed by atoms with van der Waals surface area (Å²) in [7, 11) is 0. The highest BCUT2D eigenvalue weighted by Gasteiger charge is 2.20. The summed E-state index contributed by atoms with van der Waals surface area (Å²) in [6, 6.07) is 13.4. The Bertz CT molecular complexity index is 831. The highest BCUT2D eigenvalue weighted by molar-refractivity contribution is 5.94. The second kappa shape index (κ2) is 10.1. The Balaban J connectivity index is 1.98. The molecule has 156 valence electrons. The first-order chi connectivity index (χ1) is 13.7. The fourth-order valence-corrected chi connectivity index (χ4v) is 3.07. The number of para-hydroxylation sites is 1. The molecule has 0 bridgehead atoms. The SMILES string of the molecule is Cc1cccc(O[C@H](C)C(=O)OCC(=O)Nc2c(C(C)C)cccc2C(C)C)c1. The van der Waals surface area contributed by atoms with E-state index in [1.165, 1.54) is 0 Å². The van der Waals surface area contributed by atoms with Gasteiger partial charge in [-0.3, -0.25) is 4.79 Å². The van der Waals surface area contributed by atoms with Crippen molar-refractivity contribution in [3.8, 4) is 5.75 Å². The van der Waals surface area contributed by atoms with Gasteiger partial charge in [-0.25, -0.2) is 4.79 Å². The Labute approximate surface area is 173 Å². The summed E-state index contributed by atoms with van der Waals surface area (Å²) in [4.78, 5) is 24.7. The maximum absolute atomic E-state index is 12.5. The van der Waals surface area contributed by atoms with E-state index in [2.05, 4.69) is 33.0 Å². The van der Waals surface area contributed by atoms with Crippen LogP contribution in [0.15, 0.2) is 42.5 Å². The third-order valence-corrected chi connectivity index (χ3v) is 4.62. The molecule has 0 spiro atoms. The molecule has 2 rings (SSSR count). The second-order valence-electron chi connectivity index (χ2n) is 7.85. The maximum atomic E-state index is 12.5. The Morgan fingerprint density at radius 2 is 1.52 bits per heavy atom.